The van der Waals surface area contributed by atoms with Gasteiger partial charge in [-0.15, -0.1) is 0 Å². The molecule has 3 heterocycles. The fourth-order valence-corrected chi connectivity index (χ4v) is 4.66. The van der Waals surface area contributed by atoms with E-state index in [4.69, 9.17) is 17.3 Å². The summed E-state index contributed by atoms with van der Waals surface area (Å²) in [5.74, 6) is -1.53. The molecule has 0 aliphatic carbocycles. The van der Waals surface area contributed by atoms with Gasteiger partial charge in [0.1, 0.15) is 11.6 Å². The van der Waals surface area contributed by atoms with Crippen molar-refractivity contribution >= 4 is 29.2 Å². The SMILES string of the molecule is Nc1ncc(-c2ccc(F)nc2)cc1C(=O)N[C@@H]1CCN(C(=O)c2ccc(-c3ccc(F)cc3Cl)cc2)C1. The van der Waals surface area contributed by atoms with Crippen LogP contribution in [0.2, 0.25) is 5.02 Å². The first-order valence-corrected chi connectivity index (χ1v) is 12.2. The van der Waals surface area contributed by atoms with Crippen molar-refractivity contribution in [3.05, 3.63) is 101 Å². The summed E-state index contributed by atoms with van der Waals surface area (Å²) >= 11 is 6.15. The Balaban J connectivity index is 1.23. The normalized spacial score (nSPS) is 14.9. The number of anilines is 1. The summed E-state index contributed by atoms with van der Waals surface area (Å²) in [6, 6.07) is 15.2. The quantitative estimate of drug-likeness (QED) is 0.353. The van der Waals surface area contributed by atoms with Gasteiger partial charge in [-0.2, -0.15) is 4.39 Å². The molecule has 2 aromatic carbocycles. The molecule has 1 aliphatic rings. The minimum absolute atomic E-state index is 0.0635. The average Bonchev–Trinajstić information content (AvgIpc) is 3.37. The number of hydrogen-bond acceptors (Lipinski definition) is 5. The molecule has 1 saturated heterocycles. The second kappa shape index (κ2) is 10.5. The van der Waals surface area contributed by atoms with Crippen molar-refractivity contribution in [1.29, 1.82) is 0 Å². The molecule has 10 heteroatoms. The summed E-state index contributed by atoms with van der Waals surface area (Å²) in [6.45, 7) is 0.815. The van der Waals surface area contributed by atoms with Gasteiger partial charge in [0, 0.05) is 53.8 Å². The number of nitrogen functional groups attached to an aromatic ring is 1. The van der Waals surface area contributed by atoms with Crippen LogP contribution in [-0.4, -0.2) is 45.8 Å². The third kappa shape index (κ3) is 5.33. The van der Waals surface area contributed by atoms with Gasteiger partial charge in [0.25, 0.3) is 11.8 Å². The average molecular weight is 534 g/mol. The van der Waals surface area contributed by atoms with E-state index < -0.39 is 17.7 Å². The van der Waals surface area contributed by atoms with Crippen LogP contribution in [-0.2, 0) is 0 Å². The minimum atomic E-state index is -0.608. The maximum Gasteiger partial charge on any atom is 0.255 e. The second-order valence-electron chi connectivity index (χ2n) is 8.94. The maximum absolute atomic E-state index is 13.3. The van der Waals surface area contributed by atoms with Crippen LogP contribution in [0.1, 0.15) is 27.1 Å². The summed E-state index contributed by atoms with van der Waals surface area (Å²) in [5, 5.41) is 3.22. The topological polar surface area (TPSA) is 101 Å². The molecule has 1 fully saturated rings. The van der Waals surface area contributed by atoms with Crippen LogP contribution in [0.15, 0.2) is 73.1 Å². The van der Waals surface area contributed by atoms with E-state index in [1.54, 1.807) is 47.4 Å². The zero-order valence-corrected chi connectivity index (χ0v) is 20.8. The Morgan fingerprint density at radius 1 is 0.947 bits per heavy atom. The Morgan fingerprint density at radius 3 is 2.39 bits per heavy atom. The number of rotatable bonds is 5. The van der Waals surface area contributed by atoms with Crippen molar-refractivity contribution in [1.82, 2.24) is 20.2 Å². The smallest absolute Gasteiger partial charge is 0.255 e. The molecule has 3 N–H and O–H groups in total. The molecule has 0 radical (unpaired) electrons. The Hall–Kier alpha value is -4.37. The Morgan fingerprint density at radius 2 is 1.68 bits per heavy atom. The molecule has 7 nitrogen and oxygen atoms in total. The molecule has 4 aromatic rings. The summed E-state index contributed by atoms with van der Waals surface area (Å²) in [4.78, 5) is 35.4. The highest BCUT2D eigenvalue weighted by Gasteiger charge is 2.29. The number of amides is 2. The van der Waals surface area contributed by atoms with Crippen molar-refractivity contribution in [3.8, 4) is 22.3 Å². The first-order chi connectivity index (χ1) is 18.3. The Bertz CT molecular complexity index is 1510. The van der Waals surface area contributed by atoms with Crippen LogP contribution in [0.3, 0.4) is 0 Å². The molecule has 0 saturated carbocycles. The van der Waals surface area contributed by atoms with Crippen molar-refractivity contribution in [2.24, 2.45) is 0 Å². The van der Waals surface area contributed by atoms with Gasteiger partial charge in [0.2, 0.25) is 5.95 Å². The number of nitrogens with two attached hydrogens (primary N) is 1. The van der Waals surface area contributed by atoms with E-state index >= 15 is 0 Å². The third-order valence-electron chi connectivity index (χ3n) is 6.41. The lowest BCUT2D eigenvalue weighted by Gasteiger charge is -2.18. The number of aromatic nitrogens is 2. The van der Waals surface area contributed by atoms with E-state index in [9.17, 15) is 18.4 Å². The van der Waals surface area contributed by atoms with Gasteiger partial charge in [-0.3, -0.25) is 9.59 Å². The zero-order chi connectivity index (χ0) is 26.8. The molecule has 1 atom stereocenters. The van der Waals surface area contributed by atoms with E-state index in [-0.39, 0.29) is 28.4 Å². The molecule has 192 valence electrons. The zero-order valence-electron chi connectivity index (χ0n) is 20.0. The fraction of sp³-hybridized carbons (Fsp3) is 0.143. The lowest BCUT2D eigenvalue weighted by molar-refractivity contribution is 0.0783. The molecule has 0 spiro atoms. The molecular formula is C28H22ClF2N5O2. The summed E-state index contributed by atoms with van der Waals surface area (Å²) < 4.78 is 26.5. The van der Waals surface area contributed by atoms with Gasteiger partial charge in [0.05, 0.1) is 10.6 Å². The number of hydrogen-bond donors (Lipinski definition) is 2. The van der Waals surface area contributed by atoms with Gasteiger partial charge in [-0.1, -0.05) is 23.7 Å². The molecule has 1 aliphatic heterocycles. The van der Waals surface area contributed by atoms with Gasteiger partial charge >= 0.3 is 0 Å². The van der Waals surface area contributed by atoms with E-state index in [0.29, 0.717) is 41.8 Å². The van der Waals surface area contributed by atoms with Crippen LogP contribution in [0.4, 0.5) is 14.6 Å². The minimum Gasteiger partial charge on any atom is -0.383 e. The highest BCUT2D eigenvalue weighted by atomic mass is 35.5. The van der Waals surface area contributed by atoms with Gasteiger partial charge < -0.3 is 16.0 Å². The molecule has 5 rings (SSSR count). The van der Waals surface area contributed by atoms with Crippen LogP contribution in [0.25, 0.3) is 22.3 Å². The largest absolute Gasteiger partial charge is 0.383 e. The van der Waals surface area contributed by atoms with Gasteiger partial charge in [-0.05, 0) is 60.5 Å². The standard InChI is InChI=1S/C28H22ClF2N5O2/c29-24-12-20(30)6-7-22(24)16-1-3-17(4-2-16)28(38)36-10-9-21(15-36)35-27(37)23-11-19(14-34-26(23)32)18-5-8-25(31)33-13-18/h1-8,11-14,21H,9-10,15H2,(H2,32,34)(H,35,37)/t21-/m1/s1. The number of carbonyl (C=O) groups is 2. The molecule has 0 unspecified atom stereocenters. The van der Waals surface area contributed by atoms with Crippen LogP contribution in [0, 0.1) is 11.8 Å². The number of nitrogens with zero attached hydrogens (tertiary/aromatic N) is 3. The van der Waals surface area contributed by atoms with E-state index in [1.165, 1.54) is 30.6 Å². The first kappa shape index (κ1) is 25.3. The fourth-order valence-electron chi connectivity index (χ4n) is 4.39. The maximum atomic E-state index is 13.3. The van der Waals surface area contributed by atoms with E-state index in [0.717, 1.165) is 5.56 Å². The molecule has 38 heavy (non-hydrogen) atoms. The molecule has 0 bridgehead atoms. The van der Waals surface area contributed by atoms with Crippen LogP contribution >= 0.6 is 11.6 Å². The predicted octanol–water partition coefficient (Wildman–Crippen LogP) is 4.97. The van der Waals surface area contributed by atoms with E-state index in [2.05, 4.69) is 15.3 Å². The lowest BCUT2D eigenvalue weighted by Crippen LogP contribution is -2.38. The van der Waals surface area contributed by atoms with Crippen LogP contribution in [0.5, 0.6) is 0 Å². The highest BCUT2D eigenvalue weighted by Crippen LogP contribution is 2.29. The third-order valence-corrected chi connectivity index (χ3v) is 6.72. The summed E-state index contributed by atoms with van der Waals surface area (Å²) in [5.41, 5.74) is 9.24. The number of benzene rings is 2. The highest BCUT2D eigenvalue weighted by molar-refractivity contribution is 6.33. The van der Waals surface area contributed by atoms with E-state index in [1.807, 2.05) is 0 Å². The number of nitrogens with one attached hydrogen (secondary N) is 1. The summed E-state index contributed by atoms with van der Waals surface area (Å²) in [6.07, 6.45) is 3.42. The molecular weight excluding hydrogens is 512 g/mol. The number of carbonyl (C=O) groups excluding carboxylic acids is 2. The number of halogens is 3. The van der Waals surface area contributed by atoms with Crippen molar-refractivity contribution in [2.45, 2.75) is 12.5 Å². The van der Waals surface area contributed by atoms with Gasteiger partial charge in [-0.25, -0.2) is 14.4 Å². The number of pyridine rings is 2. The van der Waals surface area contributed by atoms with Crippen LogP contribution < -0.4 is 11.1 Å². The first-order valence-electron chi connectivity index (χ1n) is 11.8. The van der Waals surface area contributed by atoms with Gasteiger partial charge in [0.15, 0.2) is 0 Å². The second-order valence-corrected chi connectivity index (χ2v) is 9.35. The summed E-state index contributed by atoms with van der Waals surface area (Å²) in [7, 11) is 0. The predicted molar refractivity (Wildman–Crippen MR) is 140 cm³/mol. The monoisotopic (exact) mass is 533 g/mol. The molecule has 2 amide bonds. The van der Waals surface area contributed by atoms with Crippen molar-refractivity contribution in [2.75, 3.05) is 18.8 Å². The van der Waals surface area contributed by atoms with Crippen molar-refractivity contribution in [3.63, 3.8) is 0 Å². The number of likely N-dealkylation sites (tertiary alicyclic amines) is 1. The molecule has 2 aromatic heterocycles. The van der Waals surface area contributed by atoms with Crippen molar-refractivity contribution < 1.29 is 18.4 Å². The Kier molecular flexibility index (Phi) is 7.02. The lowest BCUT2D eigenvalue weighted by atomic mass is 10.0. The Labute approximate surface area is 222 Å².